The van der Waals surface area contributed by atoms with Crippen molar-refractivity contribution in [3.05, 3.63) is 23.8 Å². The van der Waals surface area contributed by atoms with Gasteiger partial charge in [0.05, 0.1) is 5.56 Å². The van der Waals surface area contributed by atoms with E-state index in [4.69, 9.17) is 9.47 Å². The Morgan fingerprint density at radius 2 is 1.77 bits per heavy atom. The zero-order valence-corrected chi connectivity index (χ0v) is 6.39. The number of benzene rings is 1. The number of hydrogen-bond acceptors (Lipinski definition) is 2. The second-order valence-electron chi connectivity index (χ2n) is 2.57. The van der Waals surface area contributed by atoms with E-state index in [0.29, 0.717) is 5.75 Å². The topological polar surface area (TPSA) is 18.5 Å². The Morgan fingerprint density at radius 3 is 2.46 bits per heavy atom. The van der Waals surface area contributed by atoms with Crippen LogP contribution < -0.4 is 9.47 Å². The van der Waals surface area contributed by atoms with Gasteiger partial charge in [0.25, 0.3) is 0 Å². The van der Waals surface area contributed by atoms with Gasteiger partial charge in [0.2, 0.25) is 6.79 Å². The molecule has 1 aromatic rings. The molecule has 0 atom stereocenters. The highest BCUT2D eigenvalue weighted by atomic mass is 19.4. The summed E-state index contributed by atoms with van der Waals surface area (Å²) in [4.78, 5) is 0. The monoisotopic (exact) mass is 190 g/mol. The first-order valence-corrected chi connectivity index (χ1v) is 3.54. The van der Waals surface area contributed by atoms with E-state index in [1.54, 1.807) is 0 Å². The number of halogens is 3. The van der Waals surface area contributed by atoms with E-state index in [1.807, 2.05) is 0 Å². The molecule has 0 N–H and O–H groups in total. The summed E-state index contributed by atoms with van der Waals surface area (Å²) >= 11 is 0. The van der Waals surface area contributed by atoms with Crippen LogP contribution in [-0.2, 0) is 6.18 Å². The third kappa shape index (κ3) is 1.41. The first-order valence-electron chi connectivity index (χ1n) is 3.54. The fraction of sp³-hybridized carbons (Fsp3) is 0.250. The maximum atomic E-state index is 12.2. The lowest BCUT2D eigenvalue weighted by Gasteiger charge is -2.06. The maximum absolute atomic E-state index is 12.2. The van der Waals surface area contributed by atoms with Crippen molar-refractivity contribution in [2.75, 3.05) is 6.79 Å². The van der Waals surface area contributed by atoms with Crippen molar-refractivity contribution >= 4 is 0 Å². The van der Waals surface area contributed by atoms with Gasteiger partial charge >= 0.3 is 6.18 Å². The van der Waals surface area contributed by atoms with Gasteiger partial charge in [-0.1, -0.05) is 0 Å². The molecule has 1 heterocycles. The van der Waals surface area contributed by atoms with Gasteiger partial charge in [0, 0.05) is 0 Å². The first-order chi connectivity index (χ1) is 6.07. The van der Waals surface area contributed by atoms with Crippen molar-refractivity contribution in [2.45, 2.75) is 6.18 Å². The largest absolute Gasteiger partial charge is 0.454 e. The van der Waals surface area contributed by atoms with Crippen molar-refractivity contribution in [1.29, 1.82) is 0 Å². The summed E-state index contributed by atoms with van der Waals surface area (Å²) in [6.07, 6.45) is -4.33. The van der Waals surface area contributed by atoms with Crippen LogP contribution in [0.2, 0.25) is 0 Å². The molecule has 70 valence electrons. The van der Waals surface area contributed by atoms with Gasteiger partial charge in [-0.2, -0.15) is 13.2 Å². The molecule has 0 spiro atoms. The Kier molecular flexibility index (Phi) is 1.61. The molecule has 2 rings (SSSR count). The van der Waals surface area contributed by atoms with Gasteiger partial charge in [0.15, 0.2) is 11.5 Å². The van der Waals surface area contributed by atoms with Crippen LogP contribution in [-0.4, -0.2) is 6.79 Å². The lowest BCUT2D eigenvalue weighted by Crippen LogP contribution is -2.04. The smallest absolute Gasteiger partial charge is 0.416 e. The summed E-state index contributed by atoms with van der Waals surface area (Å²) in [5.74, 6) is 0.503. The van der Waals surface area contributed by atoms with E-state index in [2.05, 4.69) is 0 Å². The first kappa shape index (κ1) is 8.22. The molecule has 5 heteroatoms. The molecule has 0 bridgehead atoms. The van der Waals surface area contributed by atoms with Gasteiger partial charge in [-0.25, -0.2) is 0 Å². The minimum atomic E-state index is -4.33. The average Bonchev–Trinajstić information content (AvgIpc) is 2.47. The Bertz CT molecular complexity index is 333. The zero-order chi connectivity index (χ0) is 9.47. The fourth-order valence-electron chi connectivity index (χ4n) is 1.07. The molecule has 0 unspecified atom stereocenters. The van der Waals surface area contributed by atoms with Gasteiger partial charge in [-0.15, -0.1) is 0 Å². The number of ether oxygens (including phenoxy) is 2. The lowest BCUT2D eigenvalue weighted by molar-refractivity contribution is -0.137. The standard InChI is InChI=1S/C8H5F3O2/c9-8(10,11)5-1-2-6-7(3-5)13-4-12-6/h1-3H,4H2. The molecular formula is C8H5F3O2. The van der Waals surface area contributed by atoms with Crippen molar-refractivity contribution in [2.24, 2.45) is 0 Å². The highest BCUT2D eigenvalue weighted by molar-refractivity contribution is 5.45. The van der Waals surface area contributed by atoms with Crippen LogP contribution >= 0.6 is 0 Å². The zero-order valence-electron chi connectivity index (χ0n) is 6.39. The molecule has 0 aliphatic carbocycles. The maximum Gasteiger partial charge on any atom is 0.416 e. The van der Waals surface area contributed by atoms with Crippen LogP contribution in [0.1, 0.15) is 5.56 Å². The van der Waals surface area contributed by atoms with Crippen molar-refractivity contribution in [3.8, 4) is 11.5 Å². The van der Waals surface area contributed by atoms with E-state index in [-0.39, 0.29) is 12.5 Å². The van der Waals surface area contributed by atoms with Crippen molar-refractivity contribution in [3.63, 3.8) is 0 Å². The van der Waals surface area contributed by atoms with Crippen LogP contribution in [0.5, 0.6) is 11.5 Å². The van der Waals surface area contributed by atoms with Crippen LogP contribution in [0, 0.1) is 0 Å². The van der Waals surface area contributed by atoms with Crippen LogP contribution in [0.3, 0.4) is 0 Å². The molecule has 1 aliphatic rings. The molecule has 0 aromatic heterocycles. The van der Waals surface area contributed by atoms with Gasteiger partial charge in [-0.3, -0.25) is 0 Å². The van der Waals surface area contributed by atoms with E-state index in [1.165, 1.54) is 6.07 Å². The van der Waals surface area contributed by atoms with Crippen LogP contribution in [0.25, 0.3) is 0 Å². The molecule has 0 fully saturated rings. The number of rotatable bonds is 0. The summed E-state index contributed by atoms with van der Waals surface area (Å²) in [5.41, 5.74) is -0.725. The minimum absolute atomic E-state index is 0.0172. The summed E-state index contributed by atoms with van der Waals surface area (Å²) in [7, 11) is 0. The van der Waals surface area contributed by atoms with Crippen molar-refractivity contribution < 1.29 is 22.6 Å². The van der Waals surface area contributed by atoms with E-state index >= 15 is 0 Å². The number of alkyl halides is 3. The number of hydrogen-bond donors (Lipinski definition) is 0. The second kappa shape index (κ2) is 2.55. The predicted molar refractivity (Wildman–Crippen MR) is 37.6 cm³/mol. The van der Waals surface area contributed by atoms with Crippen LogP contribution in [0.4, 0.5) is 13.2 Å². The molecular weight excluding hydrogens is 185 g/mol. The molecule has 0 saturated carbocycles. The molecule has 1 aliphatic heterocycles. The Hall–Kier alpha value is -1.39. The second-order valence-corrected chi connectivity index (χ2v) is 2.57. The fourth-order valence-corrected chi connectivity index (χ4v) is 1.07. The van der Waals surface area contributed by atoms with Gasteiger partial charge in [0.1, 0.15) is 0 Å². The normalized spacial score (nSPS) is 14.7. The minimum Gasteiger partial charge on any atom is -0.454 e. The van der Waals surface area contributed by atoms with E-state index < -0.39 is 11.7 Å². The Morgan fingerprint density at radius 1 is 1.08 bits per heavy atom. The molecule has 2 nitrogen and oxygen atoms in total. The summed E-state index contributed by atoms with van der Waals surface area (Å²) < 4.78 is 46.2. The van der Waals surface area contributed by atoms with Gasteiger partial charge < -0.3 is 9.47 Å². The highest BCUT2D eigenvalue weighted by Crippen LogP contribution is 2.38. The highest BCUT2D eigenvalue weighted by Gasteiger charge is 2.32. The number of fused-ring (bicyclic) bond motifs is 1. The summed E-state index contributed by atoms with van der Waals surface area (Å²) in [6.45, 7) is -0.0172. The SMILES string of the molecule is FC(F)(F)c1ccc2c(c1)OCO2. The third-order valence-electron chi connectivity index (χ3n) is 1.70. The lowest BCUT2D eigenvalue weighted by atomic mass is 10.2. The van der Waals surface area contributed by atoms with Crippen molar-refractivity contribution in [1.82, 2.24) is 0 Å². The van der Waals surface area contributed by atoms with Crippen LogP contribution in [0.15, 0.2) is 18.2 Å². The van der Waals surface area contributed by atoms with E-state index in [9.17, 15) is 13.2 Å². The Balaban J connectivity index is 2.42. The average molecular weight is 190 g/mol. The summed E-state index contributed by atoms with van der Waals surface area (Å²) in [6, 6.07) is 3.15. The molecule has 0 amide bonds. The third-order valence-corrected chi connectivity index (χ3v) is 1.70. The van der Waals surface area contributed by atoms with Gasteiger partial charge in [-0.05, 0) is 18.2 Å². The Labute approximate surface area is 71.9 Å². The molecule has 13 heavy (non-hydrogen) atoms. The quantitative estimate of drug-likeness (QED) is 0.625. The predicted octanol–water partition coefficient (Wildman–Crippen LogP) is 2.43. The van der Waals surface area contributed by atoms with E-state index in [0.717, 1.165) is 12.1 Å². The molecule has 0 radical (unpaired) electrons. The molecule has 1 aromatic carbocycles. The summed E-state index contributed by atoms with van der Waals surface area (Å²) in [5, 5.41) is 0. The molecule has 0 saturated heterocycles.